The van der Waals surface area contributed by atoms with Crippen LogP contribution in [0.15, 0.2) is 42.5 Å². The SMILES string of the molecule is CN(Cc1cccc(Cl)c1Cl)C(=O)NCc1ccccc1OC(F)F. The van der Waals surface area contributed by atoms with E-state index < -0.39 is 6.61 Å². The van der Waals surface area contributed by atoms with Crippen molar-refractivity contribution >= 4 is 29.2 Å². The topological polar surface area (TPSA) is 41.6 Å². The second kappa shape index (κ2) is 8.87. The summed E-state index contributed by atoms with van der Waals surface area (Å²) in [5, 5.41) is 3.45. The van der Waals surface area contributed by atoms with Crippen molar-refractivity contribution in [3.8, 4) is 5.75 Å². The molecule has 0 atom stereocenters. The molecule has 2 amide bonds. The number of para-hydroxylation sites is 1. The van der Waals surface area contributed by atoms with Crippen LogP contribution in [0.25, 0.3) is 0 Å². The third-order valence-corrected chi connectivity index (χ3v) is 4.26. The van der Waals surface area contributed by atoms with Crippen molar-refractivity contribution in [1.29, 1.82) is 0 Å². The van der Waals surface area contributed by atoms with Crippen molar-refractivity contribution in [2.75, 3.05) is 7.05 Å². The largest absolute Gasteiger partial charge is 0.434 e. The summed E-state index contributed by atoms with van der Waals surface area (Å²) in [6, 6.07) is 11.1. The minimum absolute atomic E-state index is 0.0262. The van der Waals surface area contributed by atoms with Gasteiger partial charge in [0.05, 0.1) is 10.0 Å². The zero-order valence-corrected chi connectivity index (χ0v) is 14.8. The lowest BCUT2D eigenvalue weighted by Crippen LogP contribution is -2.36. The summed E-state index contributed by atoms with van der Waals surface area (Å²) in [6.45, 7) is -2.63. The lowest BCUT2D eigenvalue weighted by atomic mass is 10.2. The van der Waals surface area contributed by atoms with Crippen molar-refractivity contribution < 1.29 is 18.3 Å². The van der Waals surface area contributed by atoms with Gasteiger partial charge < -0.3 is 15.0 Å². The zero-order valence-electron chi connectivity index (χ0n) is 13.3. The standard InChI is InChI=1S/C17H16Cl2F2N2O2/c1-23(10-12-6-4-7-13(18)15(12)19)17(24)22-9-11-5-2-3-8-14(11)25-16(20)21/h2-8,16H,9-10H2,1H3,(H,22,24). The second-order valence-corrected chi connectivity index (χ2v) is 6.00. The highest BCUT2D eigenvalue weighted by Crippen LogP contribution is 2.26. The fourth-order valence-electron chi connectivity index (χ4n) is 2.16. The van der Waals surface area contributed by atoms with E-state index >= 15 is 0 Å². The fourth-order valence-corrected chi connectivity index (χ4v) is 2.54. The molecule has 0 aliphatic heterocycles. The molecule has 2 aromatic rings. The van der Waals surface area contributed by atoms with Crippen molar-refractivity contribution in [3.05, 3.63) is 63.6 Å². The van der Waals surface area contributed by atoms with Gasteiger partial charge in [0.2, 0.25) is 0 Å². The average molecular weight is 389 g/mol. The number of alkyl halides is 2. The van der Waals surface area contributed by atoms with E-state index in [0.717, 1.165) is 0 Å². The molecule has 0 radical (unpaired) electrons. The molecule has 0 spiro atoms. The van der Waals surface area contributed by atoms with Crippen LogP contribution in [0, 0.1) is 0 Å². The number of amides is 2. The van der Waals surface area contributed by atoms with Crippen LogP contribution in [0.5, 0.6) is 5.75 Å². The van der Waals surface area contributed by atoms with Crippen molar-refractivity contribution in [3.63, 3.8) is 0 Å². The van der Waals surface area contributed by atoms with Gasteiger partial charge in [0.1, 0.15) is 5.75 Å². The smallest absolute Gasteiger partial charge is 0.387 e. The van der Waals surface area contributed by atoms with Gasteiger partial charge in [0, 0.05) is 25.7 Å². The molecule has 0 fully saturated rings. The van der Waals surface area contributed by atoms with E-state index in [9.17, 15) is 13.6 Å². The number of carbonyl (C=O) groups is 1. The minimum Gasteiger partial charge on any atom is -0.434 e. The van der Waals surface area contributed by atoms with Crippen LogP contribution in [0.2, 0.25) is 10.0 Å². The van der Waals surface area contributed by atoms with Gasteiger partial charge in [-0.1, -0.05) is 53.5 Å². The Balaban J connectivity index is 1.97. The molecule has 25 heavy (non-hydrogen) atoms. The highest BCUT2D eigenvalue weighted by atomic mass is 35.5. The molecular weight excluding hydrogens is 373 g/mol. The normalized spacial score (nSPS) is 10.6. The molecular formula is C17H16Cl2F2N2O2. The van der Waals surface area contributed by atoms with E-state index in [1.165, 1.54) is 11.0 Å². The monoisotopic (exact) mass is 388 g/mol. The Morgan fingerprint density at radius 1 is 1.16 bits per heavy atom. The summed E-state index contributed by atoms with van der Waals surface area (Å²) in [5.41, 5.74) is 1.15. The minimum atomic E-state index is -2.93. The highest BCUT2D eigenvalue weighted by Gasteiger charge is 2.14. The summed E-state index contributed by atoms with van der Waals surface area (Å²) in [5.74, 6) is 0.0262. The quantitative estimate of drug-likeness (QED) is 0.761. The molecule has 0 saturated heterocycles. The molecule has 0 aliphatic rings. The van der Waals surface area contributed by atoms with Gasteiger partial charge in [-0.2, -0.15) is 8.78 Å². The van der Waals surface area contributed by atoms with Crippen molar-refractivity contribution in [1.82, 2.24) is 10.2 Å². The van der Waals surface area contributed by atoms with E-state index in [1.54, 1.807) is 43.4 Å². The Morgan fingerprint density at radius 3 is 2.56 bits per heavy atom. The number of rotatable bonds is 6. The number of ether oxygens (including phenoxy) is 1. The van der Waals surface area contributed by atoms with E-state index in [1.807, 2.05) is 0 Å². The molecule has 0 aliphatic carbocycles. The lowest BCUT2D eigenvalue weighted by Gasteiger charge is -2.19. The summed E-state index contributed by atoms with van der Waals surface area (Å²) in [6.07, 6.45) is 0. The molecule has 134 valence electrons. The molecule has 8 heteroatoms. The predicted molar refractivity (Wildman–Crippen MR) is 93.2 cm³/mol. The van der Waals surface area contributed by atoms with Gasteiger partial charge in [0.15, 0.2) is 0 Å². The van der Waals surface area contributed by atoms with Gasteiger partial charge in [-0.25, -0.2) is 4.79 Å². The van der Waals surface area contributed by atoms with Crippen LogP contribution in [0.3, 0.4) is 0 Å². The number of nitrogens with zero attached hydrogens (tertiary/aromatic N) is 1. The number of hydrogen-bond acceptors (Lipinski definition) is 2. The first-order valence-electron chi connectivity index (χ1n) is 7.33. The number of urea groups is 1. The van der Waals surface area contributed by atoms with Gasteiger partial charge in [0.25, 0.3) is 0 Å². The number of carbonyl (C=O) groups excluding carboxylic acids is 1. The molecule has 0 heterocycles. The molecule has 1 N–H and O–H groups in total. The van der Waals surface area contributed by atoms with Crippen LogP contribution < -0.4 is 10.1 Å². The van der Waals surface area contributed by atoms with E-state index in [4.69, 9.17) is 23.2 Å². The Bertz CT molecular complexity index is 744. The Kier molecular flexibility index (Phi) is 6.84. The van der Waals surface area contributed by atoms with E-state index in [-0.39, 0.29) is 24.9 Å². The maximum atomic E-state index is 12.4. The maximum Gasteiger partial charge on any atom is 0.387 e. The molecule has 2 aromatic carbocycles. The molecule has 0 bridgehead atoms. The molecule has 0 aromatic heterocycles. The van der Waals surface area contributed by atoms with E-state index in [2.05, 4.69) is 10.1 Å². The van der Waals surface area contributed by atoms with Crippen LogP contribution in [-0.2, 0) is 13.1 Å². The number of halogens is 4. The Hall–Kier alpha value is -2.05. The number of benzene rings is 2. The van der Waals surface area contributed by atoms with Crippen LogP contribution >= 0.6 is 23.2 Å². The Labute approximate surface area is 154 Å². The average Bonchev–Trinajstić information content (AvgIpc) is 2.57. The van der Waals surface area contributed by atoms with Crippen LogP contribution in [-0.4, -0.2) is 24.6 Å². The number of hydrogen-bond donors (Lipinski definition) is 1. The molecule has 0 unspecified atom stereocenters. The summed E-state index contributed by atoms with van der Waals surface area (Å²) >= 11 is 12.1. The lowest BCUT2D eigenvalue weighted by molar-refractivity contribution is -0.0504. The van der Waals surface area contributed by atoms with Crippen LogP contribution in [0.1, 0.15) is 11.1 Å². The summed E-state index contributed by atoms with van der Waals surface area (Å²) < 4.78 is 29.2. The predicted octanol–water partition coefficient (Wildman–Crippen LogP) is 4.94. The summed E-state index contributed by atoms with van der Waals surface area (Å²) in [7, 11) is 1.59. The number of nitrogens with one attached hydrogen (secondary N) is 1. The van der Waals surface area contributed by atoms with Crippen molar-refractivity contribution in [2.24, 2.45) is 0 Å². The second-order valence-electron chi connectivity index (χ2n) is 5.21. The maximum absolute atomic E-state index is 12.4. The third-order valence-electron chi connectivity index (χ3n) is 3.40. The Morgan fingerprint density at radius 2 is 1.84 bits per heavy atom. The zero-order chi connectivity index (χ0) is 18.4. The molecule has 0 saturated carbocycles. The third kappa shape index (κ3) is 5.47. The van der Waals surface area contributed by atoms with E-state index in [0.29, 0.717) is 21.2 Å². The fraction of sp³-hybridized carbons (Fsp3) is 0.235. The first kappa shape index (κ1) is 19.3. The first-order chi connectivity index (χ1) is 11.9. The van der Waals surface area contributed by atoms with Crippen LogP contribution in [0.4, 0.5) is 13.6 Å². The highest BCUT2D eigenvalue weighted by molar-refractivity contribution is 6.42. The van der Waals surface area contributed by atoms with Gasteiger partial charge in [-0.3, -0.25) is 0 Å². The van der Waals surface area contributed by atoms with Gasteiger partial charge in [-0.15, -0.1) is 0 Å². The summed E-state index contributed by atoms with van der Waals surface area (Å²) in [4.78, 5) is 13.6. The van der Waals surface area contributed by atoms with Gasteiger partial charge >= 0.3 is 12.6 Å². The van der Waals surface area contributed by atoms with Gasteiger partial charge in [-0.05, 0) is 17.7 Å². The first-order valence-corrected chi connectivity index (χ1v) is 8.08. The van der Waals surface area contributed by atoms with Crippen molar-refractivity contribution in [2.45, 2.75) is 19.7 Å². The molecule has 2 rings (SSSR count). The molecule has 4 nitrogen and oxygen atoms in total.